The van der Waals surface area contributed by atoms with Crippen LogP contribution >= 0.6 is 0 Å². The van der Waals surface area contributed by atoms with E-state index in [1.165, 1.54) is 0 Å². The Kier molecular flexibility index (Phi) is 9.67. The first-order chi connectivity index (χ1) is 24.9. The lowest BCUT2D eigenvalue weighted by Crippen LogP contribution is -2.30. The summed E-state index contributed by atoms with van der Waals surface area (Å²) in [5, 5.41) is 7.71. The van der Waals surface area contributed by atoms with Crippen LogP contribution in [0.4, 0.5) is 0 Å². The number of nitrogens with two attached hydrogens (primary N) is 2. The Morgan fingerprint density at radius 3 is 2.27 bits per heavy atom. The van der Waals surface area contributed by atoms with Gasteiger partial charge in [-0.2, -0.15) is 0 Å². The summed E-state index contributed by atoms with van der Waals surface area (Å²) >= 11 is 0. The molecule has 0 unspecified atom stereocenters. The van der Waals surface area contributed by atoms with E-state index in [-0.39, 0.29) is 18.5 Å². The quantitative estimate of drug-likeness (QED) is 0.0976. The van der Waals surface area contributed by atoms with Crippen molar-refractivity contribution < 1.29 is 19.0 Å². The number of nitrogens with one attached hydrogen (secondary N) is 1. The second-order valence-electron chi connectivity index (χ2n) is 12.6. The van der Waals surface area contributed by atoms with Gasteiger partial charge in [0.15, 0.2) is 11.5 Å². The highest BCUT2D eigenvalue weighted by atomic mass is 16.7. The number of carbonyl (C=O) groups excluding carboxylic acids is 1. The fourth-order valence-corrected chi connectivity index (χ4v) is 6.38. The highest BCUT2D eigenvalue weighted by molar-refractivity contribution is 5.97. The minimum atomic E-state index is -0.0972. The molecule has 1 aliphatic heterocycles. The number of methoxy groups -OCH3 is 1. The van der Waals surface area contributed by atoms with E-state index in [1.54, 1.807) is 7.11 Å². The molecule has 0 spiro atoms. The summed E-state index contributed by atoms with van der Waals surface area (Å²) in [5.74, 6) is 3.05. The van der Waals surface area contributed by atoms with Gasteiger partial charge in [-0.3, -0.25) is 10.2 Å². The number of aromatic nitrogens is 2. The predicted molar refractivity (Wildman–Crippen MR) is 197 cm³/mol. The lowest BCUT2D eigenvalue weighted by molar-refractivity contribution is 0.0730. The summed E-state index contributed by atoms with van der Waals surface area (Å²) in [4.78, 5) is 21.3. The Morgan fingerprint density at radius 2 is 1.51 bits per heavy atom. The third-order valence-electron chi connectivity index (χ3n) is 9.18. The Balaban J connectivity index is 1.21. The first-order valence-corrected chi connectivity index (χ1v) is 16.9. The number of ether oxygens (including phenoxy) is 3. The number of carbonyl (C=O) groups is 1. The third-order valence-corrected chi connectivity index (χ3v) is 9.18. The van der Waals surface area contributed by atoms with Crippen LogP contribution in [0.3, 0.4) is 0 Å². The van der Waals surface area contributed by atoms with Crippen LogP contribution in [0, 0.1) is 5.41 Å². The maximum atomic E-state index is 14.3. The average molecular weight is 681 g/mol. The smallest absolute Gasteiger partial charge is 0.254 e. The second-order valence-corrected chi connectivity index (χ2v) is 12.6. The maximum Gasteiger partial charge on any atom is 0.254 e. The van der Waals surface area contributed by atoms with Gasteiger partial charge >= 0.3 is 0 Å². The van der Waals surface area contributed by atoms with Gasteiger partial charge in [0.2, 0.25) is 6.79 Å². The highest BCUT2D eigenvalue weighted by Gasteiger charge is 2.21. The molecular formula is C41H40N6O4. The second kappa shape index (κ2) is 14.8. The van der Waals surface area contributed by atoms with Crippen molar-refractivity contribution in [3.8, 4) is 17.2 Å². The molecule has 1 aliphatic rings. The van der Waals surface area contributed by atoms with E-state index in [1.807, 2.05) is 114 Å². The lowest BCUT2D eigenvalue weighted by atomic mass is 10.1. The number of nitrogens with zero attached hydrogens (tertiary/aromatic N) is 3. The van der Waals surface area contributed by atoms with Crippen molar-refractivity contribution >= 4 is 22.8 Å². The minimum Gasteiger partial charge on any atom is -0.497 e. The zero-order valence-corrected chi connectivity index (χ0v) is 28.5. The Morgan fingerprint density at radius 1 is 0.804 bits per heavy atom. The summed E-state index contributed by atoms with van der Waals surface area (Å²) in [6.07, 6.45) is 1.41. The Hall–Kier alpha value is -6.13. The van der Waals surface area contributed by atoms with Gasteiger partial charge in [-0.1, -0.05) is 66.7 Å². The first-order valence-electron chi connectivity index (χ1n) is 16.9. The molecule has 0 atom stereocenters. The molecule has 0 saturated carbocycles. The van der Waals surface area contributed by atoms with Gasteiger partial charge in [0.1, 0.15) is 17.4 Å². The average Bonchev–Trinajstić information content (AvgIpc) is 3.77. The zero-order chi connectivity index (χ0) is 35.3. The van der Waals surface area contributed by atoms with Crippen molar-refractivity contribution in [2.24, 2.45) is 11.5 Å². The van der Waals surface area contributed by atoms with Crippen molar-refractivity contribution in [1.29, 1.82) is 5.41 Å². The topological polar surface area (TPSA) is 142 Å². The lowest BCUT2D eigenvalue weighted by Gasteiger charge is -2.24. The van der Waals surface area contributed by atoms with E-state index in [9.17, 15) is 4.79 Å². The van der Waals surface area contributed by atoms with Crippen LogP contribution in [0.1, 0.15) is 49.6 Å². The van der Waals surface area contributed by atoms with Crippen LogP contribution in [-0.4, -0.2) is 40.1 Å². The van der Waals surface area contributed by atoms with Crippen molar-refractivity contribution in [1.82, 2.24) is 14.5 Å². The molecule has 10 nitrogen and oxygen atoms in total. The Labute approximate surface area is 296 Å². The van der Waals surface area contributed by atoms with Crippen LogP contribution in [0.2, 0.25) is 0 Å². The van der Waals surface area contributed by atoms with Crippen LogP contribution in [-0.2, 0) is 39.0 Å². The van der Waals surface area contributed by atoms with Gasteiger partial charge in [0.05, 0.1) is 18.1 Å². The van der Waals surface area contributed by atoms with Gasteiger partial charge in [0, 0.05) is 43.7 Å². The maximum absolute atomic E-state index is 14.3. The van der Waals surface area contributed by atoms with Crippen LogP contribution in [0.5, 0.6) is 17.2 Å². The largest absolute Gasteiger partial charge is 0.497 e. The molecular weight excluding hydrogens is 640 g/mol. The number of nitrogen functional groups attached to an aromatic ring is 1. The number of fused-ring (bicyclic) bond motifs is 2. The van der Waals surface area contributed by atoms with Gasteiger partial charge < -0.3 is 35.1 Å². The number of benzene rings is 5. The number of hydrogen-bond donors (Lipinski definition) is 3. The molecule has 0 aliphatic carbocycles. The monoisotopic (exact) mass is 680 g/mol. The van der Waals surface area contributed by atoms with E-state index in [2.05, 4.69) is 4.57 Å². The van der Waals surface area contributed by atoms with E-state index >= 15 is 0 Å². The molecule has 258 valence electrons. The fourth-order valence-electron chi connectivity index (χ4n) is 6.38. The first kappa shape index (κ1) is 33.4. The molecule has 1 aromatic heterocycles. The van der Waals surface area contributed by atoms with Crippen molar-refractivity contribution in [2.45, 2.75) is 39.0 Å². The van der Waals surface area contributed by atoms with E-state index in [4.69, 9.17) is 36.1 Å². The number of aryl methyl sites for hydroxylation is 2. The molecule has 6 aromatic rings. The molecule has 2 heterocycles. The van der Waals surface area contributed by atoms with Gasteiger partial charge in [-0.05, 0) is 76.7 Å². The standard InChI is InChI=1S/C41H40N6O4/c1-49-34-4-2-3-30(19-34)24-46(23-29-7-5-28(22-42)6-8-29)41(48)33-15-16-36-35(21-33)45-39(18-12-27-9-13-32(14-10-27)40(43)44)47(36)25-31-11-17-37-38(20-31)51-26-50-37/h2-11,13-17,19-21H,12,18,22-26,42H2,1H3,(H3,43,44). The molecule has 0 bridgehead atoms. The minimum absolute atomic E-state index is 0.0454. The van der Waals surface area contributed by atoms with Gasteiger partial charge in [-0.15, -0.1) is 0 Å². The number of amides is 1. The number of rotatable bonds is 13. The Bertz CT molecular complexity index is 2190. The molecule has 5 aromatic carbocycles. The summed E-state index contributed by atoms with van der Waals surface area (Å²) in [6.45, 7) is 2.07. The molecule has 0 fully saturated rings. The third kappa shape index (κ3) is 7.56. The molecule has 1 amide bonds. The summed E-state index contributed by atoms with van der Waals surface area (Å²) < 4.78 is 18.9. The molecule has 10 heteroatoms. The summed E-state index contributed by atoms with van der Waals surface area (Å²) in [7, 11) is 1.64. The van der Waals surface area contributed by atoms with E-state index in [0.29, 0.717) is 43.7 Å². The molecule has 5 N–H and O–H groups in total. The van der Waals surface area contributed by atoms with Crippen LogP contribution in [0.25, 0.3) is 11.0 Å². The number of hydrogen-bond acceptors (Lipinski definition) is 7. The molecule has 7 rings (SSSR count). The van der Waals surface area contributed by atoms with Crippen LogP contribution in [0.15, 0.2) is 109 Å². The van der Waals surface area contributed by atoms with Crippen molar-refractivity contribution in [2.75, 3.05) is 13.9 Å². The SMILES string of the molecule is COc1cccc(CN(Cc2ccc(CN)cc2)C(=O)c2ccc3c(c2)nc(CCc2ccc(C(=N)N)cc2)n3Cc2ccc3c(c2)OCO3)c1. The normalized spacial score (nSPS) is 11.9. The molecule has 0 saturated heterocycles. The van der Waals surface area contributed by atoms with Gasteiger partial charge in [-0.25, -0.2) is 4.98 Å². The molecule has 51 heavy (non-hydrogen) atoms. The van der Waals surface area contributed by atoms with E-state index in [0.717, 1.165) is 68.3 Å². The zero-order valence-electron chi connectivity index (χ0n) is 28.5. The van der Waals surface area contributed by atoms with Crippen molar-refractivity contribution in [3.63, 3.8) is 0 Å². The highest BCUT2D eigenvalue weighted by Crippen LogP contribution is 2.33. The number of imidazole rings is 1. The van der Waals surface area contributed by atoms with Crippen LogP contribution < -0.4 is 25.7 Å². The summed E-state index contributed by atoms with van der Waals surface area (Å²) in [6, 6.07) is 35.3. The molecule has 0 radical (unpaired) electrons. The van der Waals surface area contributed by atoms with Crippen molar-refractivity contribution in [3.05, 3.63) is 154 Å². The summed E-state index contributed by atoms with van der Waals surface area (Å²) in [5.41, 5.74) is 19.6. The predicted octanol–water partition coefficient (Wildman–Crippen LogP) is 6.19. The fraction of sp³-hybridized carbons (Fsp3) is 0.195. The number of amidine groups is 1. The van der Waals surface area contributed by atoms with E-state index < -0.39 is 0 Å². The van der Waals surface area contributed by atoms with Gasteiger partial charge in [0.25, 0.3) is 5.91 Å².